The summed E-state index contributed by atoms with van der Waals surface area (Å²) in [6.45, 7) is 6.07. The Bertz CT molecular complexity index is 147. The lowest BCUT2D eigenvalue weighted by molar-refractivity contribution is -0.112. The fraction of sp³-hybridized carbons (Fsp3) is 0.571. The van der Waals surface area contributed by atoms with E-state index in [-0.39, 0.29) is 5.12 Å². The van der Waals surface area contributed by atoms with E-state index in [1.807, 2.05) is 6.08 Å². The third kappa shape index (κ3) is 2.15. The van der Waals surface area contributed by atoms with Gasteiger partial charge in [0.25, 0.3) is 0 Å². The molecular weight excluding hydrogens is 146 g/mol. The molecule has 0 aromatic rings. The van der Waals surface area contributed by atoms with Gasteiger partial charge < -0.3 is 0 Å². The molecule has 0 bridgehead atoms. The first kappa shape index (κ1) is 7.82. The molecule has 0 aromatic carbocycles. The lowest BCUT2D eigenvalue weighted by atomic mass is 10.4. The van der Waals surface area contributed by atoms with Crippen LogP contribution in [0.4, 0.5) is 0 Å². The number of thioether (sulfide) groups is 1. The zero-order valence-corrected chi connectivity index (χ0v) is 6.69. The van der Waals surface area contributed by atoms with Crippen LogP contribution in [0.25, 0.3) is 0 Å². The van der Waals surface area contributed by atoms with Gasteiger partial charge in [0.2, 0.25) is 5.12 Å². The van der Waals surface area contributed by atoms with Crippen molar-refractivity contribution in [1.29, 1.82) is 0 Å². The molecule has 0 radical (unpaired) electrons. The van der Waals surface area contributed by atoms with Gasteiger partial charge in [0, 0.05) is 18.8 Å². The summed E-state index contributed by atoms with van der Waals surface area (Å²) in [7, 11) is 0. The van der Waals surface area contributed by atoms with Crippen LogP contribution in [0.5, 0.6) is 0 Å². The summed E-state index contributed by atoms with van der Waals surface area (Å²) in [5.41, 5.74) is 0. The van der Waals surface area contributed by atoms with Crippen LogP contribution in [0, 0.1) is 0 Å². The molecule has 0 unspecified atom stereocenters. The van der Waals surface area contributed by atoms with Gasteiger partial charge in [-0.1, -0.05) is 17.8 Å². The van der Waals surface area contributed by atoms with Gasteiger partial charge in [0.1, 0.15) is 0 Å². The standard InChI is InChI=1S/C7H11NOS/c1-2-3-8-4-5-10-7(9)6-8/h2H,1,3-6H2. The molecule has 1 heterocycles. The predicted octanol–water partition coefficient (Wildman–Crippen LogP) is 0.748. The average molecular weight is 157 g/mol. The van der Waals surface area contributed by atoms with Crippen molar-refractivity contribution in [1.82, 2.24) is 4.90 Å². The van der Waals surface area contributed by atoms with Crippen LogP contribution in [-0.4, -0.2) is 35.4 Å². The van der Waals surface area contributed by atoms with E-state index in [0.717, 1.165) is 18.8 Å². The van der Waals surface area contributed by atoms with Crippen molar-refractivity contribution in [2.75, 3.05) is 25.4 Å². The first-order chi connectivity index (χ1) is 4.83. The minimum Gasteiger partial charge on any atom is -0.291 e. The lowest BCUT2D eigenvalue weighted by Crippen LogP contribution is -2.35. The monoisotopic (exact) mass is 157 g/mol. The van der Waals surface area contributed by atoms with Crippen molar-refractivity contribution < 1.29 is 4.79 Å². The van der Waals surface area contributed by atoms with Crippen molar-refractivity contribution in [2.24, 2.45) is 0 Å². The fourth-order valence-electron chi connectivity index (χ4n) is 0.934. The smallest absolute Gasteiger partial charge is 0.202 e. The molecule has 0 spiro atoms. The second-order valence-corrected chi connectivity index (χ2v) is 3.40. The van der Waals surface area contributed by atoms with E-state index in [9.17, 15) is 4.79 Å². The zero-order chi connectivity index (χ0) is 7.40. The predicted molar refractivity (Wildman–Crippen MR) is 44.1 cm³/mol. The molecule has 0 aliphatic carbocycles. The summed E-state index contributed by atoms with van der Waals surface area (Å²) >= 11 is 1.43. The molecule has 0 saturated carbocycles. The Hall–Kier alpha value is -0.280. The van der Waals surface area contributed by atoms with Crippen LogP contribution in [0.3, 0.4) is 0 Å². The van der Waals surface area contributed by atoms with Crippen LogP contribution in [0.2, 0.25) is 0 Å². The molecule has 1 aliphatic rings. The Morgan fingerprint density at radius 3 is 3.20 bits per heavy atom. The van der Waals surface area contributed by atoms with Crippen LogP contribution in [-0.2, 0) is 4.79 Å². The summed E-state index contributed by atoms with van der Waals surface area (Å²) in [5.74, 6) is 0.937. The highest BCUT2D eigenvalue weighted by Crippen LogP contribution is 2.10. The maximum absolute atomic E-state index is 10.8. The maximum Gasteiger partial charge on any atom is 0.202 e. The van der Waals surface area contributed by atoms with Gasteiger partial charge in [0.15, 0.2) is 0 Å². The summed E-state index contributed by atoms with van der Waals surface area (Å²) in [6.07, 6.45) is 1.84. The lowest BCUT2D eigenvalue weighted by Gasteiger charge is -2.22. The first-order valence-electron chi connectivity index (χ1n) is 3.32. The Labute approximate surface area is 65.3 Å². The van der Waals surface area contributed by atoms with E-state index >= 15 is 0 Å². The van der Waals surface area contributed by atoms with Crippen molar-refractivity contribution in [3.05, 3.63) is 12.7 Å². The van der Waals surface area contributed by atoms with Gasteiger partial charge in [-0.25, -0.2) is 0 Å². The van der Waals surface area contributed by atoms with Gasteiger partial charge in [-0.2, -0.15) is 0 Å². The van der Waals surface area contributed by atoms with Crippen molar-refractivity contribution in [2.45, 2.75) is 0 Å². The molecule has 1 rings (SSSR count). The van der Waals surface area contributed by atoms with Crippen molar-refractivity contribution >= 4 is 16.9 Å². The average Bonchev–Trinajstić information content (AvgIpc) is 1.88. The highest BCUT2D eigenvalue weighted by molar-refractivity contribution is 8.13. The Balaban J connectivity index is 2.31. The van der Waals surface area contributed by atoms with E-state index < -0.39 is 0 Å². The molecule has 0 N–H and O–H groups in total. The molecule has 0 amide bonds. The summed E-state index contributed by atoms with van der Waals surface area (Å²) in [6, 6.07) is 0. The molecule has 1 aliphatic heterocycles. The quantitative estimate of drug-likeness (QED) is 0.552. The van der Waals surface area contributed by atoms with Crippen LogP contribution >= 0.6 is 11.8 Å². The Kier molecular flexibility index (Phi) is 2.96. The summed E-state index contributed by atoms with van der Waals surface area (Å²) in [4.78, 5) is 12.9. The molecule has 0 aromatic heterocycles. The van der Waals surface area contributed by atoms with Gasteiger partial charge in [-0.05, 0) is 0 Å². The number of carbonyl (C=O) groups is 1. The van der Waals surface area contributed by atoms with Crippen molar-refractivity contribution in [3.63, 3.8) is 0 Å². The topological polar surface area (TPSA) is 20.3 Å². The SMILES string of the molecule is C=CCN1CCSC(=O)C1. The molecular formula is C7H11NOS. The van der Waals surface area contributed by atoms with Gasteiger partial charge in [-0.3, -0.25) is 9.69 Å². The Morgan fingerprint density at radius 1 is 1.80 bits per heavy atom. The number of hydrogen-bond acceptors (Lipinski definition) is 3. The minimum absolute atomic E-state index is 0.285. The van der Waals surface area contributed by atoms with E-state index in [1.165, 1.54) is 11.8 Å². The third-order valence-electron chi connectivity index (χ3n) is 1.41. The normalized spacial score (nSPS) is 21.0. The molecule has 0 atom stereocenters. The Morgan fingerprint density at radius 2 is 2.60 bits per heavy atom. The number of rotatable bonds is 2. The highest BCUT2D eigenvalue weighted by Gasteiger charge is 2.15. The zero-order valence-electron chi connectivity index (χ0n) is 5.88. The minimum atomic E-state index is 0.285. The third-order valence-corrected chi connectivity index (χ3v) is 2.25. The number of hydrogen-bond donors (Lipinski definition) is 0. The molecule has 56 valence electrons. The second kappa shape index (κ2) is 3.78. The van der Waals surface area contributed by atoms with Crippen LogP contribution in [0.1, 0.15) is 0 Å². The van der Waals surface area contributed by atoms with E-state index in [4.69, 9.17) is 0 Å². The number of carbonyl (C=O) groups excluding carboxylic acids is 1. The maximum atomic E-state index is 10.8. The van der Waals surface area contributed by atoms with Gasteiger partial charge in [-0.15, -0.1) is 6.58 Å². The molecule has 1 saturated heterocycles. The van der Waals surface area contributed by atoms with E-state index in [1.54, 1.807) is 0 Å². The number of nitrogens with zero attached hydrogens (tertiary/aromatic N) is 1. The molecule has 1 fully saturated rings. The van der Waals surface area contributed by atoms with Crippen LogP contribution < -0.4 is 0 Å². The van der Waals surface area contributed by atoms with Gasteiger partial charge in [0.05, 0.1) is 6.54 Å². The molecule has 10 heavy (non-hydrogen) atoms. The van der Waals surface area contributed by atoms with Crippen LogP contribution in [0.15, 0.2) is 12.7 Å². The van der Waals surface area contributed by atoms with Gasteiger partial charge >= 0.3 is 0 Å². The summed E-state index contributed by atoms with van der Waals surface area (Å²) in [5, 5.41) is 0.285. The van der Waals surface area contributed by atoms with E-state index in [0.29, 0.717) is 6.54 Å². The molecule has 3 heteroatoms. The molecule has 2 nitrogen and oxygen atoms in total. The first-order valence-corrected chi connectivity index (χ1v) is 4.30. The summed E-state index contributed by atoms with van der Waals surface area (Å²) < 4.78 is 0. The van der Waals surface area contributed by atoms with E-state index in [2.05, 4.69) is 11.5 Å². The highest BCUT2D eigenvalue weighted by atomic mass is 32.2. The fourth-order valence-corrected chi connectivity index (χ4v) is 1.79. The van der Waals surface area contributed by atoms with Crippen molar-refractivity contribution in [3.8, 4) is 0 Å². The largest absolute Gasteiger partial charge is 0.291 e. The second-order valence-electron chi connectivity index (χ2n) is 2.24.